The molecule has 0 atom stereocenters. The summed E-state index contributed by atoms with van der Waals surface area (Å²) in [5, 5.41) is 10.5. The summed E-state index contributed by atoms with van der Waals surface area (Å²) in [6, 6.07) is 0.659. The van der Waals surface area contributed by atoms with Crippen molar-refractivity contribution in [3.8, 4) is 0 Å². The molecule has 3 N–H and O–H groups in total. The number of halogens is 1. The van der Waals surface area contributed by atoms with Gasteiger partial charge in [0.15, 0.2) is 0 Å². The highest BCUT2D eigenvalue weighted by atomic mass is 19.1. The van der Waals surface area contributed by atoms with Crippen molar-refractivity contribution >= 4 is 11.9 Å². The number of carboxylic acids is 1. The van der Waals surface area contributed by atoms with Gasteiger partial charge in [-0.2, -0.15) is 9.37 Å². The number of carbonyl (C=O) groups is 1. The van der Waals surface area contributed by atoms with Crippen molar-refractivity contribution in [3.05, 3.63) is 22.4 Å². The van der Waals surface area contributed by atoms with Gasteiger partial charge in [-0.15, -0.1) is 0 Å². The van der Waals surface area contributed by atoms with Crippen LogP contribution in [0.1, 0.15) is 0 Å². The average molecular weight is 187 g/mol. The van der Waals surface area contributed by atoms with Gasteiger partial charge in [0.25, 0.3) is 5.56 Å². The van der Waals surface area contributed by atoms with E-state index >= 15 is 0 Å². The number of aromatic nitrogens is 2. The van der Waals surface area contributed by atoms with Gasteiger partial charge in [-0.05, 0) is 0 Å². The third-order valence-electron chi connectivity index (χ3n) is 1.12. The molecule has 7 heteroatoms. The van der Waals surface area contributed by atoms with Gasteiger partial charge in [-0.25, -0.2) is 0 Å². The van der Waals surface area contributed by atoms with Crippen molar-refractivity contribution in [3.63, 3.8) is 0 Å². The van der Waals surface area contributed by atoms with E-state index in [1.54, 1.807) is 0 Å². The van der Waals surface area contributed by atoms with Crippen molar-refractivity contribution in [1.29, 1.82) is 0 Å². The fourth-order valence-corrected chi connectivity index (χ4v) is 0.671. The van der Waals surface area contributed by atoms with Gasteiger partial charge in [-0.3, -0.25) is 14.6 Å². The van der Waals surface area contributed by atoms with Crippen LogP contribution in [0.3, 0.4) is 0 Å². The third kappa shape index (κ3) is 2.89. The van der Waals surface area contributed by atoms with Crippen molar-refractivity contribution < 1.29 is 14.3 Å². The molecular weight excluding hydrogens is 181 g/mol. The van der Waals surface area contributed by atoms with E-state index in [1.807, 2.05) is 0 Å². The molecular formula is C6H6FN3O3. The monoisotopic (exact) mass is 187 g/mol. The SMILES string of the molecule is O=C(O)CNc1nc(F)cc(=O)[nH]1. The molecule has 0 aliphatic rings. The third-order valence-corrected chi connectivity index (χ3v) is 1.12. The van der Waals surface area contributed by atoms with Crippen LogP contribution in [0.4, 0.5) is 10.3 Å². The topological polar surface area (TPSA) is 95.1 Å². The van der Waals surface area contributed by atoms with Crippen LogP contribution < -0.4 is 10.9 Å². The first-order chi connectivity index (χ1) is 6.08. The summed E-state index contributed by atoms with van der Waals surface area (Å²) in [5.41, 5.74) is -0.680. The molecule has 1 aromatic heterocycles. The highest BCUT2D eigenvalue weighted by Crippen LogP contribution is 1.93. The summed E-state index contributed by atoms with van der Waals surface area (Å²) in [6.45, 7) is -0.438. The van der Waals surface area contributed by atoms with E-state index < -0.39 is 24.0 Å². The van der Waals surface area contributed by atoms with Gasteiger partial charge in [0.2, 0.25) is 11.9 Å². The number of aromatic amines is 1. The van der Waals surface area contributed by atoms with Crippen LogP contribution in [0.2, 0.25) is 0 Å². The van der Waals surface area contributed by atoms with E-state index in [9.17, 15) is 14.0 Å². The Balaban J connectivity index is 2.77. The lowest BCUT2D eigenvalue weighted by Crippen LogP contribution is -2.18. The summed E-state index contributed by atoms with van der Waals surface area (Å²) in [4.78, 5) is 26.0. The van der Waals surface area contributed by atoms with Crippen LogP contribution in [-0.4, -0.2) is 27.6 Å². The Kier molecular flexibility index (Phi) is 2.58. The second-order valence-corrected chi connectivity index (χ2v) is 2.16. The molecule has 1 rings (SSSR count). The zero-order valence-electron chi connectivity index (χ0n) is 6.37. The molecule has 13 heavy (non-hydrogen) atoms. The molecule has 0 amide bonds. The molecule has 0 aliphatic heterocycles. The maximum absolute atomic E-state index is 12.4. The smallest absolute Gasteiger partial charge is 0.322 e. The van der Waals surface area contributed by atoms with E-state index in [1.165, 1.54) is 0 Å². The van der Waals surface area contributed by atoms with Crippen molar-refractivity contribution in [2.24, 2.45) is 0 Å². The minimum atomic E-state index is -1.13. The zero-order chi connectivity index (χ0) is 9.84. The molecule has 1 aromatic rings. The Morgan fingerprint density at radius 2 is 2.46 bits per heavy atom. The summed E-state index contributed by atoms with van der Waals surface area (Å²) < 4.78 is 12.4. The van der Waals surface area contributed by atoms with Crippen LogP contribution in [0.5, 0.6) is 0 Å². The molecule has 1 heterocycles. The molecule has 0 bridgehead atoms. The largest absolute Gasteiger partial charge is 0.480 e. The van der Waals surface area contributed by atoms with Gasteiger partial charge in [-0.1, -0.05) is 0 Å². The predicted molar refractivity (Wildman–Crippen MR) is 40.9 cm³/mol. The Morgan fingerprint density at radius 1 is 1.77 bits per heavy atom. The standard InChI is InChI=1S/C6H6FN3O3/c7-3-1-4(11)10-6(9-3)8-2-5(12)13/h1H,2H2,(H,12,13)(H2,8,9,10,11). The lowest BCUT2D eigenvalue weighted by Gasteiger charge is -2.00. The van der Waals surface area contributed by atoms with Gasteiger partial charge in [0.1, 0.15) is 6.54 Å². The Morgan fingerprint density at radius 3 is 3.00 bits per heavy atom. The lowest BCUT2D eigenvalue weighted by molar-refractivity contribution is -0.134. The van der Waals surface area contributed by atoms with Gasteiger partial charge in [0, 0.05) is 0 Å². The van der Waals surface area contributed by atoms with E-state index in [0.29, 0.717) is 6.07 Å². The molecule has 0 unspecified atom stereocenters. The highest BCUT2D eigenvalue weighted by Gasteiger charge is 2.01. The first-order valence-corrected chi connectivity index (χ1v) is 3.30. The molecule has 0 saturated heterocycles. The molecule has 0 radical (unpaired) electrons. The molecule has 0 spiro atoms. The van der Waals surface area contributed by atoms with E-state index in [2.05, 4.69) is 15.3 Å². The number of rotatable bonds is 3. The predicted octanol–water partition coefficient (Wildman–Crippen LogP) is -0.595. The van der Waals surface area contributed by atoms with Gasteiger partial charge in [0.05, 0.1) is 6.07 Å². The fraction of sp³-hybridized carbons (Fsp3) is 0.167. The van der Waals surface area contributed by atoms with Gasteiger partial charge >= 0.3 is 5.97 Å². The number of hydrogen-bond acceptors (Lipinski definition) is 4. The number of carboxylic acid groups (broad SMARTS) is 1. The van der Waals surface area contributed by atoms with Crippen LogP contribution >= 0.6 is 0 Å². The van der Waals surface area contributed by atoms with Crippen LogP contribution in [0.15, 0.2) is 10.9 Å². The number of anilines is 1. The molecule has 0 fully saturated rings. The van der Waals surface area contributed by atoms with E-state index in [0.717, 1.165) is 0 Å². The number of nitrogens with one attached hydrogen (secondary N) is 2. The second kappa shape index (κ2) is 3.65. The summed E-state index contributed by atoms with van der Waals surface area (Å²) in [7, 11) is 0. The summed E-state index contributed by atoms with van der Waals surface area (Å²) in [6.07, 6.45) is 0. The van der Waals surface area contributed by atoms with Crippen LogP contribution in [0.25, 0.3) is 0 Å². The second-order valence-electron chi connectivity index (χ2n) is 2.16. The van der Waals surface area contributed by atoms with Crippen molar-refractivity contribution in [2.75, 3.05) is 11.9 Å². The number of aliphatic carboxylic acids is 1. The van der Waals surface area contributed by atoms with Crippen LogP contribution in [-0.2, 0) is 4.79 Å². The highest BCUT2D eigenvalue weighted by molar-refractivity contribution is 5.71. The normalized spacial score (nSPS) is 9.62. The maximum Gasteiger partial charge on any atom is 0.322 e. The Hall–Kier alpha value is -1.92. The fourth-order valence-electron chi connectivity index (χ4n) is 0.671. The van der Waals surface area contributed by atoms with Gasteiger partial charge < -0.3 is 10.4 Å². The average Bonchev–Trinajstić information content (AvgIpc) is 1.99. The number of nitrogens with zero attached hydrogens (tertiary/aromatic N) is 1. The molecule has 70 valence electrons. The zero-order valence-corrected chi connectivity index (χ0v) is 6.37. The lowest BCUT2D eigenvalue weighted by atomic mass is 10.6. The maximum atomic E-state index is 12.4. The van der Waals surface area contributed by atoms with Crippen LogP contribution in [0, 0.1) is 5.95 Å². The van der Waals surface area contributed by atoms with E-state index in [-0.39, 0.29) is 5.95 Å². The quantitative estimate of drug-likeness (QED) is 0.549. The molecule has 0 aliphatic carbocycles. The molecule has 0 aromatic carbocycles. The Labute approximate surface area is 71.4 Å². The minimum absolute atomic E-state index is 0.201. The van der Waals surface area contributed by atoms with E-state index in [4.69, 9.17) is 5.11 Å². The van der Waals surface area contributed by atoms with Crippen molar-refractivity contribution in [1.82, 2.24) is 9.97 Å². The number of H-pyrrole nitrogens is 1. The first kappa shape index (κ1) is 9.17. The van der Waals surface area contributed by atoms with Crippen molar-refractivity contribution in [2.45, 2.75) is 0 Å². The summed E-state index contributed by atoms with van der Waals surface area (Å²) in [5.74, 6) is -2.30. The summed E-state index contributed by atoms with van der Waals surface area (Å²) >= 11 is 0. The molecule has 0 saturated carbocycles. The molecule has 6 nitrogen and oxygen atoms in total. The first-order valence-electron chi connectivity index (χ1n) is 3.30. The minimum Gasteiger partial charge on any atom is -0.480 e. The number of hydrogen-bond donors (Lipinski definition) is 3. The Bertz CT molecular complexity index is 376.